The molecule has 0 aliphatic heterocycles. The molecule has 0 spiro atoms. The Kier molecular flexibility index (Phi) is 6.15. The normalized spacial score (nSPS) is 10.4. The predicted octanol–water partition coefficient (Wildman–Crippen LogP) is 2.78. The van der Waals surface area contributed by atoms with Crippen LogP contribution in [0.3, 0.4) is 0 Å². The van der Waals surface area contributed by atoms with Gasteiger partial charge in [-0.1, -0.05) is 29.8 Å². The lowest BCUT2D eigenvalue weighted by atomic mass is 10.1. The Bertz CT molecular complexity index is 447. The number of hydrogen-bond acceptors (Lipinski definition) is 3. The Morgan fingerprint density at radius 3 is 2.37 bits per heavy atom. The molecule has 0 bridgehead atoms. The molecule has 0 heterocycles. The molecule has 106 valence electrons. The first kappa shape index (κ1) is 15.8. The summed E-state index contributed by atoms with van der Waals surface area (Å²) >= 11 is 3.50. The van der Waals surface area contributed by atoms with E-state index in [1.807, 2.05) is 26.0 Å². The summed E-state index contributed by atoms with van der Waals surface area (Å²) in [6.45, 7) is 4.36. The molecule has 0 aromatic heterocycles. The van der Waals surface area contributed by atoms with Crippen LogP contribution in [0.25, 0.3) is 0 Å². The Morgan fingerprint density at radius 2 is 1.84 bits per heavy atom. The van der Waals surface area contributed by atoms with Crippen molar-refractivity contribution in [1.29, 1.82) is 0 Å². The van der Waals surface area contributed by atoms with Crippen LogP contribution < -0.4 is 14.8 Å². The maximum absolute atomic E-state index is 11.5. The lowest BCUT2D eigenvalue weighted by Gasteiger charge is -2.12. The largest absolute Gasteiger partial charge is 0.493 e. The molecule has 0 saturated carbocycles. The van der Waals surface area contributed by atoms with Crippen LogP contribution in [0.4, 0.5) is 0 Å². The van der Waals surface area contributed by atoms with Gasteiger partial charge in [0.2, 0.25) is 5.91 Å². The average Bonchev–Trinajstić information content (AvgIpc) is 2.39. The first-order valence-corrected chi connectivity index (χ1v) is 6.97. The number of halogens is 1. The SMILES string of the molecule is COc1cc(Br)c(CCNC(=O)C(C)C)cc1OC. The van der Waals surface area contributed by atoms with Gasteiger partial charge in [-0.3, -0.25) is 4.79 Å². The lowest BCUT2D eigenvalue weighted by molar-refractivity contribution is -0.123. The number of carbonyl (C=O) groups excluding carboxylic acids is 1. The number of amides is 1. The maximum Gasteiger partial charge on any atom is 0.222 e. The van der Waals surface area contributed by atoms with Crippen LogP contribution in [0.15, 0.2) is 16.6 Å². The van der Waals surface area contributed by atoms with Gasteiger partial charge in [-0.05, 0) is 24.1 Å². The molecular weight excluding hydrogens is 310 g/mol. The Balaban J connectivity index is 2.71. The van der Waals surface area contributed by atoms with Crippen LogP contribution in [0.1, 0.15) is 19.4 Å². The molecule has 1 aromatic carbocycles. The van der Waals surface area contributed by atoms with Crippen molar-refractivity contribution < 1.29 is 14.3 Å². The summed E-state index contributed by atoms with van der Waals surface area (Å²) < 4.78 is 11.4. The second-order valence-electron chi connectivity index (χ2n) is 4.49. The molecule has 0 unspecified atom stereocenters. The van der Waals surface area contributed by atoms with Crippen LogP contribution in [-0.4, -0.2) is 26.7 Å². The highest BCUT2D eigenvalue weighted by molar-refractivity contribution is 9.10. The fourth-order valence-corrected chi connectivity index (χ4v) is 2.13. The van der Waals surface area contributed by atoms with E-state index < -0.39 is 0 Å². The van der Waals surface area contributed by atoms with Gasteiger partial charge < -0.3 is 14.8 Å². The minimum absolute atomic E-state index is 0.00819. The quantitative estimate of drug-likeness (QED) is 0.872. The monoisotopic (exact) mass is 329 g/mol. The van der Waals surface area contributed by atoms with E-state index in [-0.39, 0.29) is 11.8 Å². The van der Waals surface area contributed by atoms with Crippen molar-refractivity contribution in [3.8, 4) is 11.5 Å². The zero-order valence-corrected chi connectivity index (χ0v) is 13.3. The van der Waals surface area contributed by atoms with E-state index in [0.29, 0.717) is 18.0 Å². The zero-order valence-electron chi connectivity index (χ0n) is 11.7. The van der Waals surface area contributed by atoms with E-state index >= 15 is 0 Å². The first-order valence-electron chi connectivity index (χ1n) is 6.17. The molecule has 0 atom stereocenters. The third-order valence-electron chi connectivity index (χ3n) is 2.77. The number of nitrogens with one attached hydrogen (secondary N) is 1. The van der Waals surface area contributed by atoms with E-state index in [4.69, 9.17) is 9.47 Å². The van der Waals surface area contributed by atoms with Crippen LogP contribution in [0.5, 0.6) is 11.5 Å². The van der Waals surface area contributed by atoms with Gasteiger partial charge >= 0.3 is 0 Å². The van der Waals surface area contributed by atoms with Crippen molar-refractivity contribution in [1.82, 2.24) is 5.32 Å². The summed E-state index contributed by atoms with van der Waals surface area (Å²) in [6, 6.07) is 3.79. The number of hydrogen-bond donors (Lipinski definition) is 1. The highest BCUT2D eigenvalue weighted by Gasteiger charge is 2.10. The number of rotatable bonds is 6. The average molecular weight is 330 g/mol. The molecule has 1 N–H and O–H groups in total. The third-order valence-corrected chi connectivity index (χ3v) is 3.51. The van der Waals surface area contributed by atoms with E-state index in [0.717, 1.165) is 16.5 Å². The van der Waals surface area contributed by atoms with Gasteiger partial charge in [0.05, 0.1) is 14.2 Å². The van der Waals surface area contributed by atoms with Crippen LogP contribution in [0.2, 0.25) is 0 Å². The molecule has 0 aliphatic carbocycles. The van der Waals surface area contributed by atoms with Crippen molar-refractivity contribution in [2.24, 2.45) is 5.92 Å². The van der Waals surface area contributed by atoms with Gasteiger partial charge in [0.1, 0.15) is 0 Å². The van der Waals surface area contributed by atoms with Gasteiger partial charge in [-0.25, -0.2) is 0 Å². The number of benzene rings is 1. The van der Waals surface area contributed by atoms with E-state index in [9.17, 15) is 4.79 Å². The van der Waals surface area contributed by atoms with Gasteiger partial charge in [-0.15, -0.1) is 0 Å². The molecule has 5 heteroatoms. The summed E-state index contributed by atoms with van der Waals surface area (Å²) in [5.74, 6) is 1.45. The fourth-order valence-electron chi connectivity index (χ4n) is 1.61. The highest BCUT2D eigenvalue weighted by atomic mass is 79.9. The Hall–Kier alpha value is -1.23. The Labute approximate surface area is 122 Å². The van der Waals surface area contributed by atoms with Crippen LogP contribution in [0, 0.1) is 5.92 Å². The summed E-state index contributed by atoms with van der Waals surface area (Å²) in [4.78, 5) is 11.5. The topological polar surface area (TPSA) is 47.6 Å². The second-order valence-corrected chi connectivity index (χ2v) is 5.35. The molecule has 1 rings (SSSR count). The third kappa shape index (κ3) is 4.42. The van der Waals surface area contributed by atoms with E-state index in [1.165, 1.54) is 0 Å². The number of carbonyl (C=O) groups is 1. The standard InChI is InChI=1S/C14H20BrNO3/c1-9(2)14(17)16-6-5-10-7-12(18-3)13(19-4)8-11(10)15/h7-9H,5-6H2,1-4H3,(H,16,17). The second kappa shape index (κ2) is 7.38. The van der Waals surface area contributed by atoms with Crippen molar-refractivity contribution in [2.75, 3.05) is 20.8 Å². The Morgan fingerprint density at radius 1 is 1.26 bits per heavy atom. The molecular formula is C14H20BrNO3. The van der Waals surface area contributed by atoms with Crippen LogP contribution >= 0.6 is 15.9 Å². The molecule has 1 aromatic rings. The fraction of sp³-hybridized carbons (Fsp3) is 0.500. The molecule has 0 fully saturated rings. The minimum atomic E-state index is 0.00819. The number of methoxy groups -OCH3 is 2. The predicted molar refractivity (Wildman–Crippen MR) is 78.8 cm³/mol. The molecule has 0 aliphatic rings. The minimum Gasteiger partial charge on any atom is -0.493 e. The summed E-state index contributed by atoms with van der Waals surface area (Å²) in [5, 5.41) is 2.89. The first-order chi connectivity index (χ1) is 8.99. The number of ether oxygens (including phenoxy) is 2. The van der Waals surface area contributed by atoms with Crippen molar-refractivity contribution >= 4 is 21.8 Å². The van der Waals surface area contributed by atoms with E-state index in [1.54, 1.807) is 14.2 Å². The summed E-state index contributed by atoms with van der Waals surface area (Å²) in [5.41, 5.74) is 1.07. The van der Waals surface area contributed by atoms with Gasteiger partial charge in [0.25, 0.3) is 0 Å². The van der Waals surface area contributed by atoms with Gasteiger partial charge in [-0.2, -0.15) is 0 Å². The highest BCUT2D eigenvalue weighted by Crippen LogP contribution is 2.33. The van der Waals surface area contributed by atoms with Crippen LogP contribution in [-0.2, 0) is 11.2 Å². The van der Waals surface area contributed by atoms with Gasteiger partial charge in [0.15, 0.2) is 11.5 Å². The molecule has 4 nitrogen and oxygen atoms in total. The van der Waals surface area contributed by atoms with Gasteiger partial charge in [0, 0.05) is 16.9 Å². The maximum atomic E-state index is 11.5. The lowest BCUT2D eigenvalue weighted by Crippen LogP contribution is -2.29. The molecule has 19 heavy (non-hydrogen) atoms. The smallest absolute Gasteiger partial charge is 0.222 e. The summed E-state index contributed by atoms with van der Waals surface area (Å²) in [7, 11) is 3.21. The molecule has 0 saturated heterocycles. The molecule has 1 amide bonds. The van der Waals surface area contributed by atoms with Crippen molar-refractivity contribution in [3.05, 3.63) is 22.2 Å². The van der Waals surface area contributed by atoms with Crippen molar-refractivity contribution in [3.63, 3.8) is 0 Å². The summed E-state index contributed by atoms with van der Waals surface area (Å²) in [6.07, 6.45) is 0.736. The zero-order chi connectivity index (χ0) is 14.4. The molecule has 0 radical (unpaired) electrons. The van der Waals surface area contributed by atoms with E-state index in [2.05, 4.69) is 21.2 Å². The van der Waals surface area contributed by atoms with Crippen molar-refractivity contribution in [2.45, 2.75) is 20.3 Å².